The summed E-state index contributed by atoms with van der Waals surface area (Å²) < 4.78 is 10.3. The molecule has 0 fully saturated rings. The Hall–Kier alpha value is -1.18. The summed E-state index contributed by atoms with van der Waals surface area (Å²) in [6.07, 6.45) is 1.46. The number of ether oxygens (including phenoxy) is 2. The number of nitrogens with two attached hydrogens (primary N) is 1. The molecule has 108 valence electrons. The molecule has 0 aromatic carbocycles. The Morgan fingerprint density at radius 1 is 1.28 bits per heavy atom. The molecule has 0 aromatic heterocycles. The number of nitrogens with one attached hydrogen (secondary N) is 1. The first-order chi connectivity index (χ1) is 8.72. The van der Waals surface area contributed by atoms with Gasteiger partial charge in [0.25, 0.3) is 6.47 Å². The molecule has 4 N–H and O–H groups in total. The van der Waals surface area contributed by atoms with Crippen molar-refractivity contribution in [3.8, 4) is 0 Å². The molecule has 0 aliphatic heterocycles. The van der Waals surface area contributed by atoms with Gasteiger partial charge in [0.1, 0.15) is 0 Å². The lowest BCUT2D eigenvalue weighted by molar-refractivity contribution is -0.123. The van der Waals surface area contributed by atoms with E-state index in [4.69, 9.17) is 25.1 Å². The molecule has 0 unspecified atom stereocenters. The number of hydrogen-bond acceptors (Lipinski definition) is 5. The predicted octanol–water partition coefficient (Wildman–Crippen LogP) is -0.405. The van der Waals surface area contributed by atoms with Crippen LogP contribution in [0.15, 0.2) is 0 Å². The van der Waals surface area contributed by atoms with Crippen molar-refractivity contribution in [2.75, 3.05) is 39.5 Å². The second-order valence-corrected chi connectivity index (χ2v) is 3.22. The van der Waals surface area contributed by atoms with E-state index in [2.05, 4.69) is 5.32 Å². The first-order valence-corrected chi connectivity index (χ1v) is 5.93. The largest absolute Gasteiger partial charge is 0.483 e. The van der Waals surface area contributed by atoms with Crippen molar-refractivity contribution in [2.24, 2.45) is 5.73 Å². The van der Waals surface area contributed by atoms with E-state index in [1.54, 1.807) is 0 Å². The van der Waals surface area contributed by atoms with Crippen molar-refractivity contribution < 1.29 is 24.2 Å². The Bertz CT molecular complexity index is 190. The molecule has 7 heteroatoms. The summed E-state index contributed by atoms with van der Waals surface area (Å²) >= 11 is 0. The molecule has 0 aliphatic rings. The summed E-state index contributed by atoms with van der Waals surface area (Å²) in [5.74, 6) is 0.0838. The van der Waals surface area contributed by atoms with Crippen LogP contribution in [-0.4, -0.2) is 57.0 Å². The maximum Gasteiger partial charge on any atom is 0.290 e. The number of carbonyl (C=O) groups is 2. The molecule has 0 aromatic rings. The lowest BCUT2D eigenvalue weighted by Gasteiger charge is -2.06. The highest BCUT2D eigenvalue weighted by atomic mass is 16.5. The zero-order valence-corrected chi connectivity index (χ0v) is 10.9. The van der Waals surface area contributed by atoms with Gasteiger partial charge in [0.15, 0.2) is 0 Å². The summed E-state index contributed by atoms with van der Waals surface area (Å²) in [5.41, 5.74) is 5.24. The molecule has 7 nitrogen and oxygen atoms in total. The van der Waals surface area contributed by atoms with E-state index in [-0.39, 0.29) is 12.4 Å². The Morgan fingerprint density at radius 3 is 2.33 bits per heavy atom. The average molecular weight is 264 g/mol. The quantitative estimate of drug-likeness (QED) is 0.365. The van der Waals surface area contributed by atoms with Gasteiger partial charge < -0.3 is 25.6 Å². The number of rotatable bonds is 10. The van der Waals surface area contributed by atoms with Gasteiger partial charge in [-0.2, -0.15) is 0 Å². The first kappa shape index (κ1) is 19.2. The van der Waals surface area contributed by atoms with Crippen LogP contribution in [-0.2, 0) is 19.1 Å². The van der Waals surface area contributed by atoms with E-state index in [0.717, 1.165) is 6.42 Å². The molecule has 18 heavy (non-hydrogen) atoms. The highest BCUT2D eigenvalue weighted by molar-refractivity contribution is 5.75. The number of amides is 1. The molecular formula is C11H24N2O5. The Kier molecular flexibility index (Phi) is 19.4. The first-order valence-electron chi connectivity index (χ1n) is 5.93. The molecule has 0 saturated heterocycles. The molecule has 0 heterocycles. The monoisotopic (exact) mass is 264 g/mol. The van der Waals surface area contributed by atoms with Gasteiger partial charge >= 0.3 is 0 Å². The van der Waals surface area contributed by atoms with Gasteiger partial charge in [-0.05, 0) is 6.42 Å². The van der Waals surface area contributed by atoms with Crippen LogP contribution >= 0.6 is 0 Å². The summed E-state index contributed by atoms with van der Waals surface area (Å²) in [6.45, 7) is 5.02. The van der Waals surface area contributed by atoms with Crippen LogP contribution in [0.5, 0.6) is 0 Å². The third-order valence-corrected chi connectivity index (χ3v) is 1.68. The smallest absolute Gasteiger partial charge is 0.290 e. The third-order valence-electron chi connectivity index (χ3n) is 1.68. The van der Waals surface area contributed by atoms with Gasteiger partial charge in [-0.1, -0.05) is 6.92 Å². The zero-order chi connectivity index (χ0) is 14.1. The van der Waals surface area contributed by atoms with Crippen LogP contribution < -0.4 is 11.1 Å². The van der Waals surface area contributed by atoms with Crippen LogP contribution in [0, 0.1) is 0 Å². The molecule has 1 amide bonds. The molecule has 0 bridgehead atoms. The molecule has 0 rings (SSSR count). The van der Waals surface area contributed by atoms with Crippen molar-refractivity contribution in [2.45, 2.75) is 19.8 Å². The molecule has 0 aliphatic carbocycles. The summed E-state index contributed by atoms with van der Waals surface area (Å²) in [6, 6.07) is 0. The molecule has 0 spiro atoms. The highest BCUT2D eigenvalue weighted by Gasteiger charge is 1.97. The zero-order valence-electron chi connectivity index (χ0n) is 10.9. The van der Waals surface area contributed by atoms with Gasteiger partial charge in [0.2, 0.25) is 5.91 Å². The average Bonchev–Trinajstić information content (AvgIpc) is 2.34. The number of hydrogen-bond donors (Lipinski definition) is 3. The van der Waals surface area contributed by atoms with Gasteiger partial charge in [-0.25, -0.2) is 0 Å². The fourth-order valence-corrected chi connectivity index (χ4v) is 0.983. The fraction of sp³-hybridized carbons (Fsp3) is 0.818. The molecule has 0 atom stereocenters. The predicted molar refractivity (Wildman–Crippen MR) is 67.3 cm³/mol. The van der Waals surface area contributed by atoms with Gasteiger partial charge in [0.05, 0.1) is 26.4 Å². The SMILES string of the molecule is CCCC(=O)NCCOCCOCCN.O=CO. The van der Waals surface area contributed by atoms with Crippen molar-refractivity contribution >= 4 is 12.4 Å². The topological polar surface area (TPSA) is 111 Å². The van der Waals surface area contributed by atoms with Crippen molar-refractivity contribution in [1.29, 1.82) is 0 Å². The van der Waals surface area contributed by atoms with Gasteiger partial charge in [0, 0.05) is 19.5 Å². The standard InChI is InChI=1S/C10H22N2O3.CH2O2/c1-2-3-10(13)12-5-7-15-9-8-14-6-4-11;2-1-3/h2-9,11H2,1H3,(H,12,13);1H,(H,2,3). The lowest BCUT2D eigenvalue weighted by atomic mass is 10.3. The normalized spacial score (nSPS) is 9.22. The minimum Gasteiger partial charge on any atom is -0.483 e. The van der Waals surface area contributed by atoms with Crippen LogP contribution in [0.4, 0.5) is 0 Å². The summed E-state index contributed by atoms with van der Waals surface area (Å²) in [5, 5.41) is 9.65. The Balaban J connectivity index is 0. The van der Waals surface area contributed by atoms with Crippen molar-refractivity contribution in [3.63, 3.8) is 0 Å². The van der Waals surface area contributed by atoms with E-state index in [1.807, 2.05) is 6.92 Å². The van der Waals surface area contributed by atoms with E-state index >= 15 is 0 Å². The second-order valence-electron chi connectivity index (χ2n) is 3.22. The minimum absolute atomic E-state index is 0.0838. The second kappa shape index (κ2) is 18.2. The van der Waals surface area contributed by atoms with E-state index in [9.17, 15) is 4.79 Å². The summed E-state index contributed by atoms with van der Waals surface area (Å²) in [7, 11) is 0. The summed E-state index contributed by atoms with van der Waals surface area (Å²) in [4.78, 5) is 19.4. The van der Waals surface area contributed by atoms with E-state index in [1.165, 1.54) is 0 Å². The van der Waals surface area contributed by atoms with E-state index < -0.39 is 0 Å². The lowest BCUT2D eigenvalue weighted by Crippen LogP contribution is -2.27. The minimum atomic E-state index is -0.250. The van der Waals surface area contributed by atoms with Crippen molar-refractivity contribution in [1.82, 2.24) is 5.32 Å². The third kappa shape index (κ3) is 20.3. The molecular weight excluding hydrogens is 240 g/mol. The number of carbonyl (C=O) groups excluding carboxylic acids is 1. The van der Waals surface area contributed by atoms with Crippen LogP contribution in [0.1, 0.15) is 19.8 Å². The van der Waals surface area contributed by atoms with Gasteiger partial charge in [-0.15, -0.1) is 0 Å². The highest BCUT2D eigenvalue weighted by Crippen LogP contribution is 1.85. The fourth-order valence-electron chi connectivity index (χ4n) is 0.983. The maximum absolute atomic E-state index is 11.0. The Labute approximate surface area is 108 Å². The Morgan fingerprint density at radius 2 is 1.83 bits per heavy atom. The molecule has 0 radical (unpaired) electrons. The van der Waals surface area contributed by atoms with Gasteiger partial charge in [-0.3, -0.25) is 9.59 Å². The van der Waals surface area contributed by atoms with E-state index in [0.29, 0.717) is 45.9 Å². The van der Waals surface area contributed by atoms with Crippen LogP contribution in [0.3, 0.4) is 0 Å². The number of carboxylic acid groups (broad SMARTS) is 1. The van der Waals surface area contributed by atoms with Crippen molar-refractivity contribution in [3.05, 3.63) is 0 Å². The maximum atomic E-state index is 11.0. The van der Waals surface area contributed by atoms with Crippen LogP contribution in [0.25, 0.3) is 0 Å². The van der Waals surface area contributed by atoms with Crippen LogP contribution in [0.2, 0.25) is 0 Å². The molecule has 0 saturated carbocycles.